The van der Waals surface area contributed by atoms with Crippen molar-refractivity contribution in [2.75, 3.05) is 13.2 Å². The van der Waals surface area contributed by atoms with Crippen molar-refractivity contribution in [3.8, 4) is 0 Å². The molecule has 0 saturated heterocycles. The summed E-state index contributed by atoms with van der Waals surface area (Å²) in [6.45, 7) is 2.88. The zero-order chi connectivity index (χ0) is 9.38. The Labute approximate surface area is 84.9 Å². The first-order chi connectivity index (χ1) is 6.95. The smallest absolute Gasteiger partial charge is 0.0645 e. The van der Waals surface area contributed by atoms with Gasteiger partial charge in [0.1, 0.15) is 0 Å². The van der Waals surface area contributed by atoms with Crippen LogP contribution < -0.4 is 0 Å². The van der Waals surface area contributed by atoms with E-state index in [4.69, 9.17) is 4.74 Å². The van der Waals surface area contributed by atoms with Crippen LogP contribution in [-0.2, 0) is 30.5 Å². The van der Waals surface area contributed by atoms with Crippen molar-refractivity contribution < 1.29 is 4.74 Å². The Bertz CT molecular complexity index is 340. The van der Waals surface area contributed by atoms with Gasteiger partial charge in [-0.25, -0.2) is 0 Å². The zero-order valence-corrected chi connectivity index (χ0v) is 8.59. The van der Waals surface area contributed by atoms with Crippen LogP contribution in [0.2, 0.25) is 0 Å². The predicted octanol–water partition coefficient (Wildman–Crippen LogP) is 1.94. The van der Waals surface area contributed by atoms with Gasteiger partial charge in [0, 0.05) is 24.4 Å². The van der Waals surface area contributed by atoms with E-state index < -0.39 is 0 Å². The van der Waals surface area contributed by atoms with Crippen LogP contribution in [0.4, 0.5) is 0 Å². The number of hydrogen-bond donors (Lipinski definition) is 0. The molecule has 1 aromatic heterocycles. The summed E-state index contributed by atoms with van der Waals surface area (Å²) in [5.41, 5.74) is 4.74. The van der Waals surface area contributed by atoms with E-state index in [0.717, 1.165) is 26.2 Å². The molecule has 1 aromatic rings. The number of aryl methyl sites for hydroxylation is 1. The first kappa shape index (κ1) is 8.54. The van der Waals surface area contributed by atoms with Crippen molar-refractivity contribution in [3.63, 3.8) is 0 Å². The predicted molar refractivity (Wildman–Crippen MR) is 55.6 cm³/mol. The van der Waals surface area contributed by atoms with Crippen molar-refractivity contribution in [1.29, 1.82) is 0 Å². The Morgan fingerprint density at radius 2 is 2.00 bits per heavy atom. The molecule has 3 rings (SSSR count). The lowest BCUT2D eigenvalue weighted by Crippen LogP contribution is -2.11. The quantitative estimate of drug-likeness (QED) is 0.611. The van der Waals surface area contributed by atoms with Crippen LogP contribution in [0.5, 0.6) is 0 Å². The first-order valence-corrected chi connectivity index (χ1v) is 5.73. The van der Waals surface area contributed by atoms with E-state index in [1.165, 1.54) is 31.4 Å². The Balaban J connectivity index is 2.04. The summed E-state index contributed by atoms with van der Waals surface area (Å²) in [5.74, 6) is 0. The monoisotopic (exact) mass is 191 g/mol. The van der Waals surface area contributed by atoms with Gasteiger partial charge < -0.3 is 9.30 Å². The highest BCUT2D eigenvalue weighted by molar-refractivity contribution is 5.30. The van der Waals surface area contributed by atoms with Crippen LogP contribution in [0.15, 0.2) is 6.07 Å². The van der Waals surface area contributed by atoms with Gasteiger partial charge in [-0.3, -0.25) is 0 Å². The SMILES string of the molecule is c1c2c(n3c1CCOCC3)CCCC2. The maximum Gasteiger partial charge on any atom is 0.0645 e. The minimum atomic E-state index is 0.897. The molecule has 0 fully saturated rings. The molecule has 2 heteroatoms. The molecule has 1 aliphatic heterocycles. The second-order valence-electron chi connectivity index (χ2n) is 4.33. The standard InChI is InChI=1S/C12H17NO/c1-2-4-12-10(3-1)9-11-5-7-14-8-6-13(11)12/h9H,1-8H2. The number of nitrogens with zero attached hydrogens (tertiary/aromatic N) is 1. The van der Waals surface area contributed by atoms with Crippen molar-refractivity contribution in [3.05, 3.63) is 23.0 Å². The van der Waals surface area contributed by atoms with E-state index in [9.17, 15) is 0 Å². The van der Waals surface area contributed by atoms with Crippen molar-refractivity contribution >= 4 is 0 Å². The minimum absolute atomic E-state index is 0.897. The Morgan fingerprint density at radius 1 is 1.07 bits per heavy atom. The summed E-state index contributed by atoms with van der Waals surface area (Å²) in [4.78, 5) is 0. The van der Waals surface area contributed by atoms with E-state index in [2.05, 4.69) is 10.6 Å². The maximum absolute atomic E-state index is 5.51. The van der Waals surface area contributed by atoms with E-state index >= 15 is 0 Å². The van der Waals surface area contributed by atoms with Crippen LogP contribution in [0.3, 0.4) is 0 Å². The molecule has 14 heavy (non-hydrogen) atoms. The van der Waals surface area contributed by atoms with E-state index in [1.807, 2.05) is 0 Å². The maximum atomic E-state index is 5.51. The van der Waals surface area contributed by atoms with Gasteiger partial charge >= 0.3 is 0 Å². The minimum Gasteiger partial charge on any atom is -0.379 e. The van der Waals surface area contributed by atoms with Crippen LogP contribution in [0.25, 0.3) is 0 Å². The van der Waals surface area contributed by atoms with Gasteiger partial charge in [0.05, 0.1) is 13.2 Å². The summed E-state index contributed by atoms with van der Waals surface area (Å²) in [7, 11) is 0. The molecule has 0 bridgehead atoms. The second-order valence-corrected chi connectivity index (χ2v) is 4.33. The first-order valence-electron chi connectivity index (χ1n) is 5.73. The Morgan fingerprint density at radius 3 is 3.00 bits per heavy atom. The lowest BCUT2D eigenvalue weighted by molar-refractivity contribution is 0.140. The van der Waals surface area contributed by atoms with Gasteiger partial charge in [0.2, 0.25) is 0 Å². The molecule has 76 valence electrons. The molecule has 0 atom stereocenters. The van der Waals surface area contributed by atoms with Gasteiger partial charge in [0.25, 0.3) is 0 Å². The van der Waals surface area contributed by atoms with E-state index in [1.54, 1.807) is 11.3 Å². The largest absolute Gasteiger partial charge is 0.379 e. The molecule has 2 heterocycles. The van der Waals surface area contributed by atoms with Crippen molar-refractivity contribution in [2.24, 2.45) is 0 Å². The molecule has 0 N–H and O–H groups in total. The average molecular weight is 191 g/mol. The van der Waals surface area contributed by atoms with Gasteiger partial charge in [-0.1, -0.05) is 0 Å². The molecular formula is C12H17NO. The third-order valence-corrected chi connectivity index (χ3v) is 3.46. The van der Waals surface area contributed by atoms with Crippen LogP contribution in [0.1, 0.15) is 29.8 Å². The van der Waals surface area contributed by atoms with E-state index in [0.29, 0.717) is 0 Å². The van der Waals surface area contributed by atoms with Crippen LogP contribution in [0, 0.1) is 0 Å². The molecule has 0 saturated carbocycles. The molecule has 0 unspecified atom stereocenters. The number of fused-ring (bicyclic) bond motifs is 3. The Kier molecular flexibility index (Phi) is 2.09. The molecule has 0 spiro atoms. The highest BCUT2D eigenvalue weighted by Gasteiger charge is 2.18. The molecule has 1 aliphatic carbocycles. The van der Waals surface area contributed by atoms with Gasteiger partial charge in [0.15, 0.2) is 0 Å². The third-order valence-electron chi connectivity index (χ3n) is 3.46. The number of hydrogen-bond acceptors (Lipinski definition) is 1. The summed E-state index contributed by atoms with van der Waals surface area (Å²) in [5, 5.41) is 0. The highest BCUT2D eigenvalue weighted by Crippen LogP contribution is 2.26. The normalized spacial score (nSPS) is 21.1. The summed E-state index contributed by atoms with van der Waals surface area (Å²) in [6, 6.07) is 2.42. The fourth-order valence-electron chi connectivity index (χ4n) is 2.75. The lowest BCUT2D eigenvalue weighted by Gasteiger charge is -2.15. The highest BCUT2D eigenvalue weighted by atomic mass is 16.5. The fourth-order valence-corrected chi connectivity index (χ4v) is 2.75. The van der Waals surface area contributed by atoms with E-state index in [-0.39, 0.29) is 0 Å². The van der Waals surface area contributed by atoms with Gasteiger partial charge in [-0.2, -0.15) is 0 Å². The Hall–Kier alpha value is -0.760. The fraction of sp³-hybridized carbons (Fsp3) is 0.667. The number of ether oxygens (including phenoxy) is 1. The molecule has 0 radical (unpaired) electrons. The van der Waals surface area contributed by atoms with Crippen molar-refractivity contribution in [2.45, 2.75) is 38.6 Å². The summed E-state index contributed by atoms with van der Waals surface area (Å²) >= 11 is 0. The number of aromatic nitrogens is 1. The number of rotatable bonds is 0. The van der Waals surface area contributed by atoms with Crippen LogP contribution in [-0.4, -0.2) is 17.8 Å². The summed E-state index contributed by atoms with van der Waals surface area (Å²) < 4.78 is 8.02. The second kappa shape index (κ2) is 3.43. The molecule has 0 aromatic carbocycles. The molecular weight excluding hydrogens is 174 g/mol. The average Bonchev–Trinajstić information content (AvgIpc) is 2.42. The van der Waals surface area contributed by atoms with Crippen molar-refractivity contribution in [1.82, 2.24) is 4.57 Å². The summed E-state index contributed by atoms with van der Waals surface area (Å²) in [6.07, 6.45) is 6.45. The van der Waals surface area contributed by atoms with Gasteiger partial charge in [-0.15, -0.1) is 0 Å². The zero-order valence-electron chi connectivity index (χ0n) is 8.59. The lowest BCUT2D eigenvalue weighted by atomic mass is 9.98. The third kappa shape index (κ3) is 1.29. The molecule has 0 amide bonds. The van der Waals surface area contributed by atoms with Gasteiger partial charge in [-0.05, 0) is 37.3 Å². The molecule has 2 nitrogen and oxygen atoms in total. The molecule has 2 aliphatic rings. The van der Waals surface area contributed by atoms with Crippen LogP contribution >= 0.6 is 0 Å². The topological polar surface area (TPSA) is 14.2 Å².